The Morgan fingerprint density at radius 2 is 1.95 bits per heavy atom. The average molecular weight is 300 g/mol. The van der Waals surface area contributed by atoms with Crippen molar-refractivity contribution in [1.29, 1.82) is 0 Å². The molecule has 0 saturated heterocycles. The number of hydrogen-bond acceptors (Lipinski definition) is 2. The molecule has 0 aromatic heterocycles. The summed E-state index contributed by atoms with van der Waals surface area (Å²) in [6.07, 6.45) is 4.81. The molecule has 0 amide bonds. The van der Waals surface area contributed by atoms with E-state index >= 15 is 0 Å². The molecule has 1 saturated carbocycles. The highest BCUT2D eigenvalue weighted by molar-refractivity contribution is 6.42. The monoisotopic (exact) mass is 299 g/mol. The van der Waals surface area contributed by atoms with Crippen molar-refractivity contribution in [1.82, 2.24) is 0 Å². The molecule has 1 aliphatic rings. The van der Waals surface area contributed by atoms with Crippen molar-refractivity contribution in [3.8, 4) is 0 Å². The Morgan fingerprint density at radius 3 is 2.63 bits per heavy atom. The Hall–Kier alpha value is -0.570. The standard InChI is InChI=1S/C15H19Cl2NO/c16-13-6-5-10(7-14(13)17)8-15(19)12-4-2-1-3-11(12)9-18/h5-7,11-12H,1-4,8-9,18H2. The summed E-state index contributed by atoms with van der Waals surface area (Å²) in [5.41, 5.74) is 6.71. The van der Waals surface area contributed by atoms with Gasteiger partial charge in [0.1, 0.15) is 5.78 Å². The molecule has 2 N–H and O–H groups in total. The second-order valence-corrected chi connectivity index (χ2v) is 6.09. The number of Topliss-reactive ketones (excluding diaryl/α,β-unsaturated/α-hetero) is 1. The Labute approximate surface area is 124 Å². The van der Waals surface area contributed by atoms with Crippen LogP contribution in [0.4, 0.5) is 0 Å². The largest absolute Gasteiger partial charge is 0.330 e. The molecule has 2 atom stereocenters. The summed E-state index contributed by atoms with van der Waals surface area (Å²) in [6.45, 7) is 0.609. The van der Waals surface area contributed by atoms with E-state index in [1.165, 1.54) is 6.42 Å². The van der Waals surface area contributed by atoms with Crippen LogP contribution in [0.1, 0.15) is 31.2 Å². The van der Waals surface area contributed by atoms with E-state index in [1.54, 1.807) is 12.1 Å². The van der Waals surface area contributed by atoms with Crippen LogP contribution in [0.3, 0.4) is 0 Å². The predicted molar refractivity (Wildman–Crippen MR) is 79.7 cm³/mol. The van der Waals surface area contributed by atoms with Crippen LogP contribution in [0.15, 0.2) is 18.2 Å². The molecule has 2 rings (SSSR count). The Bertz CT molecular complexity index is 461. The molecule has 0 radical (unpaired) electrons. The van der Waals surface area contributed by atoms with E-state index < -0.39 is 0 Å². The Kier molecular flexibility index (Phi) is 5.26. The molecule has 2 unspecified atom stereocenters. The lowest BCUT2D eigenvalue weighted by molar-refractivity contribution is -0.124. The summed E-state index contributed by atoms with van der Waals surface area (Å²) in [7, 11) is 0. The van der Waals surface area contributed by atoms with E-state index in [2.05, 4.69) is 0 Å². The van der Waals surface area contributed by atoms with Crippen molar-refractivity contribution in [2.24, 2.45) is 17.6 Å². The highest BCUT2D eigenvalue weighted by Crippen LogP contribution is 2.31. The van der Waals surface area contributed by atoms with Crippen LogP contribution in [0.2, 0.25) is 10.0 Å². The number of carbonyl (C=O) groups excluding carboxylic acids is 1. The van der Waals surface area contributed by atoms with Gasteiger partial charge in [0.05, 0.1) is 10.0 Å². The first-order chi connectivity index (χ1) is 9.11. The number of carbonyl (C=O) groups is 1. The number of ketones is 1. The lowest BCUT2D eigenvalue weighted by Gasteiger charge is -2.29. The maximum absolute atomic E-state index is 12.4. The molecule has 104 valence electrons. The summed E-state index contributed by atoms with van der Waals surface area (Å²) in [6, 6.07) is 5.39. The van der Waals surface area contributed by atoms with Gasteiger partial charge >= 0.3 is 0 Å². The van der Waals surface area contributed by atoms with Crippen molar-refractivity contribution in [2.75, 3.05) is 6.54 Å². The molecule has 1 aromatic carbocycles. The normalized spacial score (nSPS) is 23.3. The average Bonchev–Trinajstić information content (AvgIpc) is 2.43. The zero-order valence-corrected chi connectivity index (χ0v) is 12.4. The Balaban J connectivity index is 2.05. The van der Waals surface area contributed by atoms with Gasteiger partial charge in [-0.05, 0) is 43.0 Å². The number of benzene rings is 1. The fraction of sp³-hybridized carbons (Fsp3) is 0.533. The van der Waals surface area contributed by atoms with E-state index in [0.717, 1.165) is 24.8 Å². The van der Waals surface area contributed by atoms with Gasteiger partial charge in [0.25, 0.3) is 0 Å². The fourth-order valence-electron chi connectivity index (χ4n) is 2.90. The van der Waals surface area contributed by atoms with Gasteiger partial charge in [0.15, 0.2) is 0 Å². The van der Waals surface area contributed by atoms with Gasteiger partial charge < -0.3 is 5.73 Å². The topological polar surface area (TPSA) is 43.1 Å². The highest BCUT2D eigenvalue weighted by Gasteiger charge is 2.29. The predicted octanol–water partition coefficient (Wildman–Crippen LogP) is 3.87. The minimum atomic E-state index is 0.119. The molecule has 1 aliphatic carbocycles. The summed E-state index contributed by atoms with van der Waals surface area (Å²) in [5, 5.41) is 1.03. The van der Waals surface area contributed by atoms with Gasteiger partial charge in [0.2, 0.25) is 0 Å². The van der Waals surface area contributed by atoms with Crippen LogP contribution in [0, 0.1) is 11.8 Å². The molecular formula is C15H19Cl2NO. The van der Waals surface area contributed by atoms with E-state index in [4.69, 9.17) is 28.9 Å². The molecule has 0 spiro atoms. The third-order valence-corrected chi connectivity index (χ3v) is 4.73. The highest BCUT2D eigenvalue weighted by atomic mass is 35.5. The van der Waals surface area contributed by atoms with Crippen molar-refractivity contribution in [3.63, 3.8) is 0 Å². The maximum Gasteiger partial charge on any atom is 0.140 e. The van der Waals surface area contributed by atoms with Crippen molar-refractivity contribution >= 4 is 29.0 Å². The van der Waals surface area contributed by atoms with Crippen LogP contribution >= 0.6 is 23.2 Å². The zero-order valence-electron chi connectivity index (χ0n) is 10.9. The molecule has 1 aromatic rings. The van der Waals surface area contributed by atoms with Crippen LogP contribution in [-0.4, -0.2) is 12.3 Å². The third kappa shape index (κ3) is 3.71. The molecule has 4 heteroatoms. The Morgan fingerprint density at radius 1 is 1.21 bits per heavy atom. The van der Waals surface area contributed by atoms with Gasteiger partial charge in [-0.3, -0.25) is 4.79 Å². The SMILES string of the molecule is NCC1CCCCC1C(=O)Cc1ccc(Cl)c(Cl)c1. The summed E-state index contributed by atoms with van der Waals surface area (Å²) < 4.78 is 0. The lowest BCUT2D eigenvalue weighted by Crippen LogP contribution is -2.33. The van der Waals surface area contributed by atoms with E-state index in [-0.39, 0.29) is 11.7 Å². The second-order valence-electron chi connectivity index (χ2n) is 5.28. The van der Waals surface area contributed by atoms with Crippen LogP contribution in [-0.2, 0) is 11.2 Å². The number of rotatable bonds is 4. The van der Waals surface area contributed by atoms with Crippen LogP contribution in [0.5, 0.6) is 0 Å². The van der Waals surface area contributed by atoms with Crippen molar-refractivity contribution < 1.29 is 4.79 Å². The third-order valence-electron chi connectivity index (χ3n) is 3.99. The zero-order chi connectivity index (χ0) is 13.8. The lowest BCUT2D eigenvalue weighted by atomic mass is 9.76. The fourth-order valence-corrected chi connectivity index (χ4v) is 3.22. The summed E-state index contributed by atoms with van der Waals surface area (Å²) in [4.78, 5) is 12.4. The minimum absolute atomic E-state index is 0.119. The molecule has 19 heavy (non-hydrogen) atoms. The van der Waals surface area contributed by atoms with Gasteiger partial charge in [-0.15, -0.1) is 0 Å². The smallest absolute Gasteiger partial charge is 0.140 e. The van der Waals surface area contributed by atoms with Gasteiger partial charge in [0, 0.05) is 12.3 Å². The minimum Gasteiger partial charge on any atom is -0.330 e. The molecule has 2 nitrogen and oxygen atoms in total. The summed E-state index contributed by atoms with van der Waals surface area (Å²) in [5.74, 6) is 0.755. The molecular weight excluding hydrogens is 281 g/mol. The molecule has 0 aliphatic heterocycles. The van der Waals surface area contributed by atoms with Crippen molar-refractivity contribution in [3.05, 3.63) is 33.8 Å². The van der Waals surface area contributed by atoms with Crippen LogP contribution in [0.25, 0.3) is 0 Å². The number of nitrogens with two attached hydrogens (primary N) is 1. The summed E-state index contributed by atoms with van der Waals surface area (Å²) >= 11 is 11.9. The second kappa shape index (κ2) is 6.74. The molecule has 0 heterocycles. The number of halogens is 2. The van der Waals surface area contributed by atoms with Gasteiger partial charge in [-0.1, -0.05) is 42.1 Å². The number of hydrogen-bond donors (Lipinski definition) is 1. The van der Waals surface area contributed by atoms with E-state index in [1.807, 2.05) is 6.07 Å². The maximum atomic E-state index is 12.4. The first-order valence-corrected chi connectivity index (χ1v) is 7.54. The van der Waals surface area contributed by atoms with E-state index in [9.17, 15) is 4.79 Å². The van der Waals surface area contributed by atoms with Crippen molar-refractivity contribution in [2.45, 2.75) is 32.1 Å². The molecule has 0 bridgehead atoms. The first-order valence-electron chi connectivity index (χ1n) is 6.78. The molecule has 1 fully saturated rings. The first kappa shape index (κ1) is 14.8. The van der Waals surface area contributed by atoms with Crippen LogP contribution < -0.4 is 5.73 Å². The van der Waals surface area contributed by atoms with Gasteiger partial charge in [-0.25, -0.2) is 0 Å². The van der Waals surface area contributed by atoms with Gasteiger partial charge in [-0.2, -0.15) is 0 Å². The van der Waals surface area contributed by atoms with E-state index in [0.29, 0.717) is 28.9 Å². The quantitative estimate of drug-likeness (QED) is 0.917.